The van der Waals surface area contributed by atoms with Gasteiger partial charge < -0.3 is 9.47 Å². The van der Waals surface area contributed by atoms with Crippen LogP contribution in [0, 0.1) is 26.2 Å². The minimum atomic E-state index is 0.218. The van der Waals surface area contributed by atoms with Gasteiger partial charge in [0, 0.05) is 6.21 Å². The van der Waals surface area contributed by atoms with Crippen LogP contribution in [0.1, 0.15) is 23.6 Å². The zero-order chi connectivity index (χ0) is 16.7. The van der Waals surface area contributed by atoms with Gasteiger partial charge in [-0.25, -0.2) is 0 Å². The molecule has 0 amide bonds. The Bertz CT molecular complexity index is 742. The summed E-state index contributed by atoms with van der Waals surface area (Å²) in [4.78, 5) is 4.56. The summed E-state index contributed by atoms with van der Waals surface area (Å²) in [5.74, 6) is 3.77. The van der Waals surface area contributed by atoms with E-state index in [4.69, 9.17) is 15.9 Å². The maximum absolute atomic E-state index is 5.61. The van der Waals surface area contributed by atoms with Gasteiger partial charge in [-0.05, 0) is 56.2 Å². The molecule has 118 valence electrons. The van der Waals surface area contributed by atoms with Crippen molar-refractivity contribution in [2.24, 2.45) is 4.99 Å². The zero-order valence-electron chi connectivity index (χ0n) is 13.8. The molecular formula is C20H21NO2. The van der Waals surface area contributed by atoms with Crippen molar-refractivity contribution in [2.75, 3.05) is 13.2 Å². The van der Waals surface area contributed by atoms with Crippen LogP contribution in [0.4, 0.5) is 5.69 Å². The van der Waals surface area contributed by atoms with Crippen molar-refractivity contribution >= 4 is 11.9 Å². The van der Waals surface area contributed by atoms with Crippen molar-refractivity contribution < 1.29 is 9.47 Å². The highest BCUT2D eigenvalue weighted by atomic mass is 16.5. The molecule has 0 atom stereocenters. The molecule has 0 aliphatic heterocycles. The summed E-state index contributed by atoms with van der Waals surface area (Å²) in [7, 11) is 0. The minimum absolute atomic E-state index is 0.218. The molecule has 0 aliphatic rings. The highest BCUT2D eigenvalue weighted by Crippen LogP contribution is 2.28. The van der Waals surface area contributed by atoms with E-state index in [0.717, 1.165) is 16.8 Å². The molecule has 0 unspecified atom stereocenters. The van der Waals surface area contributed by atoms with Crippen LogP contribution < -0.4 is 9.47 Å². The van der Waals surface area contributed by atoms with Gasteiger partial charge in [-0.15, -0.1) is 6.42 Å². The minimum Gasteiger partial charge on any atom is -0.490 e. The fourth-order valence-corrected chi connectivity index (χ4v) is 2.21. The molecule has 0 saturated heterocycles. The summed E-state index contributed by atoms with van der Waals surface area (Å²) < 4.78 is 11.1. The fourth-order valence-electron chi connectivity index (χ4n) is 2.21. The standard InChI is InChI=1S/C20H21NO2/c1-5-11-23-19-10-8-17(13-20(19)22-6-2)14-21-18-9-7-15(3)12-16(18)4/h1,7-10,12-14H,6,11H2,2-4H3. The molecule has 3 nitrogen and oxygen atoms in total. The molecule has 2 aromatic rings. The van der Waals surface area contributed by atoms with Crippen molar-refractivity contribution in [3.63, 3.8) is 0 Å². The Morgan fingerprint density at radius 2 is 1.91 bits per heavy atom. The van der Waals surface area contributed by atoms with E-state index in [2.05, 4.69) is 36.9 Å². The van der Waals surface area contributed by atoms with Crippen LogP contribution in [0.15, 0.2) is 41.4 Å². The van der Waals surface area contributed by atoms with Gasteiger partial charge in [-0.3, -0.25) is 4.99 Å². The molecule has 2 aromatic carbocycles. The first-order valence-electron chi connectivity index (χ1n) is 7.58. The van der Waals surface area contributed by atoms with Gasteiger partial charge in [0.1, 0.15) is 6.61 Å². The Balaban J connectivity index is 2.24. The fraction of sp³-hybridized carbons (Fsp3) is 0.250. The number of hydrogen-bond donors (Lipinski definition) is 0. The van der Waals surface area contributed by atoms with Crippen LogP contribution in [0.5, 0.6) is 11.5 Å². The summed E-state index contributed by atoms with van der Waals surface area (Å²) in [6.45, 7) is 6.84. The van der Waals surface area contributed by atoms with Gasteiger partial charge in [0.15, 0.2) is 11.5 Å². The third kappa shape index (κ3) is 4.62. The molecule has 23 heavy (non-hydrogen) atoms. The van der Waals surface area contributed by atoms with Crippen molar-refractivity contribution in [3.8, 4) is 23.8 Å². The van der Waals surface area contributed by atoms with Crippen molar-refractivity contribution in [1.29, 1.82) is 0 Å². The second-order valence-electron chi connectivity index (χ2n) is 5.18. The van der Waals surface area contributed by atoms with E-state index < -0.39 is 0 Å². The molecule has 0 heterocycles. The predicted molar refractivity (Wildman–Crippen MR) is 95.1 cm³/mol. The number of aryl methyl sites for hydroxylation is 2. The van der Waals surface area contributed by atoms with E-state index in [1.165, 1.54) is 5.56 Å². The summed E-state index contributed by atoms with van der Waals surface area (Å²) >= 11 is 0. The normalized spacial score (nSPS) is 10.5. The number of aliphatic imine (C=N–C) groups is 1. The first kappa shape index (κ1) is 16.6. The lowest BCUT2D eigenvalue weighted by Crippen LogP contribution is -2.00. The molecule has 0 N–H and O–H groups in total. The molecule has 0 saturated carbocycles. The molecule has 0 aromatic heterocycles. The van der Waals surface area contributed by atoms with E-state index in [1.54, 1.807) is 0 Å². The van der Waals surface area contributed by atoms with E-state index >= 15 is 0 Å². The van der Waals surface area contributed by atoms with Crippen molar-refractivity contribution in [1.82, 2.24) is 0 Å². The Kier molecular flexibility index (Phi) is 5.82. The largest absolute Gasteiger partial charge is 0.490 e. The molecule has 0 spiro atoms. The van der Waals surface area contributed by atoms with Crippen LogP contribution >= 0.6 is 0 Å². The van der Waals surface area contributed by atoms with Gasteiger partial charge in [0.25, 0.3) is 0 Å². The van der Waals surface area contributed by atoms with Crippen molar-refractivity contribution in [3.05, 3.63) is 53.1 Å². The third-order valence-electron chi connectivity index (χ3n) is 3.28. The Morgan fingerprint density at radius 1 is 1.09 bits per heavy atom. The Hall–Kier alpha value is -2.73. The maximum atomic E-state index is 5.61. The number of ether oxygens (including phenoxy) is 2. The molecular weight excluding hydrogens is 286 g/mol. The van der Waals surface area contributed by atoms with Gasteiger partial charge in [0.2, 0.25) is 0 Å². The second kappa shape index (κ2) is 8.05. The molecule has 2 rings (SSSR count). The summed E-state index contributed by atoms with van der Waals surface area (Å²) in [6, 6.07) is 11.9. The average Bonchev–Trinajstić information content (AvgIpc) is 2.53. The SMILES string of the molecule is C#CCOc1ccc(C=Nc2ccc(C)cc2C)cc1OCC. The van der Waals surface area contributed by atoms with Gasteiger partial charge in [-0.1, -0.05) is 23.6 Å². The number of rotatable bonds is 6. The highest BCUT2D eigenvalue weighted by molar-refractivity contribution is 5.83. The summed E-state index contributed by atoms with van der Waals surface area (Å²) in [5.41, 5.74) is 4.29. The monoisotopic (exact) mass is 307 g/mol. The summed E-state index contributed by atoms with van der Waals surface area (Å²) in [5, 5.41) is 0. The van der Waals surface area contributed by atoms with Crippen LogP contribution in [0.3, 0.4) is 0 Å². The molecule has 0 radical (unpaired) electrons. The number of nitrogens with zero attached hydrogens (tertiary/aromatic N) is 1. The molecule has 0 aliphatic carbocycles. The van der Waals surface area contributed by atoms with E-state index in [-0.39, 0.29) is 6.61 Å². The van der Waals surface area contributed by atoms with E-state index in [0.29, 0.717) is 18.1 Å². The van der Waals surface area contributed by atoms with E-state index in [9.17, 15) is 0 Å². The topological polar surface area (TPSA) is 30.8 Å². The second-order valence-corrected chi connectivity index (χ2v) is 5.18. The molecule has 3 heteroatoms. The molecule has 0 fully saturated rings. The van der Waals surface area contributed by atoms with Gasteiger partial charge in [0.05, 0.1) is 12.3 Å². The van der Waals surface area contributed by atoms with Crippen LogP contribution in [0.25, 0.3) is 0 Å². The predicted octanol–water partition coefficient (Wildman–Crippen LogP) is 4.46. The highest BCUT2D eigenvalue weighted by Gasteiger charge is 2.05. The van der Waals surface area contributed by atoms with Crippen LogP contribution in [-0.4, -0.2) is 19.4 Å². The smallest absolute Gasteiger partial charge is 0.162 e. The van der Waals surface area contributed by atoms with Gasteiger partial charge in [-0.2, -0.15) is 0 Å². The van der Waals surface area contributed by atoms with E-state index in [1.807, 2.05) is 37.4 Å². The summed E-state index contributed by atoms with van der Waals surface area (Å²) in [6.07, 6.45) is 7.05. The average molecular weight is 307 g/mol. The number of terminal acetylenes is 1. The zero-order valence-corrected chi connectivity index (χ0v) is 13.8. The van der Waals surface area contributed by atoms with Gasteiger partial charge >= 0.3 is 0 Å². The quantitative estimate of drug-likeness (QED) is 0.582. The maximum Gasteiger partial charge on any atom is 0.162 e. The van der Waals surface area contributed by atoms with Crippen LogP contribution in [-0.2, 0) is 0 Å². The van der Waals surface area contributed by atoms with Crippen LogP contribution in [0.2, 0.25) is 0 Å². The molecule has 0 bridgehead atoms. The third-order valence-corrected chi connectivity index (χ3v) is 3.28. The Labute approximate surface area is 138 Å². The lowest BCUT2D eigenvalue weighted by Gasteiger charge is -2.10. The van der Waals surface area contributed by atoms with Crippen molar-refractivity contribution in [2.45, 2.75) is 20.8 Å². The number of benzene rings is 2. The first-order valence-corrected chi connectivity index (χ1v) is 7.58. The lowest BCUT2D eigenvalue weighted by molar-refractivity contribution is 0.299. The Morgan fingerprint density at radius 3 is 2.61 bits per heavy atom. The first-order chi connectivity index (χ1) is 11.1. The lowest BCUT2D eigenvalue weighted by atomic mass is 10.1. The number of hydrogen-bond acceptors (Lipinski definition) is 3.